The number of rotatable bonds is 6. The van der Waals surface area contributed by atoms with Crippen molar-refractivity contribution in [1.29, 1.82) is 0 Å². The normalized spacial score (nSPS) is 19.8. The highest BCUT2D eigenvalue weighted by molar-refractivity contribution is 5.94. The van der Waals surface area contributed by atoms with Gasteiger partial charge in [-0.1, -0.05) is 44.2 Å². The number of aryl methyl sites for hydroxylation is 2. The van der Waals surface area contributed by atoms with Crippen molar-refractivity contribution in [2.45, 2.75) is 58.4 Å². The minimum absolute atomic E-state index is 0.548. The lowest BCUT2D eigenvalue weighted by Crippen LogP contribution is -2.28. The summed E-state index contributed by atoms with van der Waals surface area (Å²) in [6, 6.07) is 13.4. The summed E-state index contributed by atoms with van der Waals surface area (Å²) in [6.45, 7) is 4.72. The number of fused-ring (bicyclic) bond motifs is 1. The highest BCUT2D eigenvalue weighted by atomic mass is 15.0. The third-order valence-electron chi connectivity index (χ3n) is 6.34. The molecule has 0 unspecified atom stereocenters. The molecule has 0 saturated heterocycles. The molecule has 2 aromatic heterocycles. The van der Waals surface area contributed by atoms with Crippen molar-refractivity contribution in [2.24, 2.45) is 11.8 Å². The number of hydrogen-bond acceptors (Lipinski definition) is 3. The summed E-state index contributed by atoms with van der Waals surface area (Å²) in [4.78, 5) is 9.07. The van der Waals surface area contributed by atoms with Gasteiger partial charge in [0.2, 0.25) is 0 Å². The van der Waals surface area contributed by atoms with Gasteiger partial charge in [0.05, 0.1) is 0 Å². The Bertz CT molecular complexity index is 896. The molecule has 1 aliphatic carbocycles. The minimum Gasteiger partial charge on any atom is -0.367 e. The van der Waals surface area contributed by atoms with E-state index in [2.05, 4.69) is 60.7 Å². The van der Waals surface area contributed by atoms with Crippen LogP contribution in [-0.2, 0) is 12.8 Å². The van der Waals surface area contributed by atoms with Gasteiger partial charge >= 0.3 is 0 Å². The summed E-state index contributed by atoms with van der Waals surface area (Å²) in [5, 5.41) is 6.33. The Hall–Kier alpha value is -2.42. The first-order valence-electron chi connectivity index (χ1n) is 10.7. The van der Waals surface area contributed by atoms with Gasteiger partial charge in [-0.3, -0.25) is 4.98 Å². The molecular weight excluding hydrogens is 342 g/mol. The van der Waals surface area contributed by atoms with Crippen LogP contribution in [0.15, 0.2) is 55.0 Å². The van der Waals surface area contributed by atoms with Gasteiger partial charge in [-0.05, 0) is 72.9 Å². The Kier molecular flexibility index (Phi) is 5.90. The molecule has 1 aliphatic rings. The molecule has 4 rings (SSSR count). The predicted octanol–water partition coefficient (Wildman–Crippen LogP) is 6.04. The average molecular weight is 374 g/mol. The second-order valence-electron chi connectivity index (χ2n) is 8.54. The molecule has 0 aliphatic heterocycles. The fraction of sp³-hybridized carbons (Fsp3) is 0.440. The molecule has 3 heteroatoms. The Morgan fingerprint density at radius 2 is 1.71 bits per heavy atom. The van der Waals surface area contributed by atoms with Crippen LogP contribution in [0.4, 0.5) is 5.82 Å². The van der Waals surface area contributed by atoms with Crippen molar-refractivity contribution in [2.75, 3.05) is 5.32 Å². The van der Waals surface area contributed by atoms with E-state index >= 15 is 0 Å². The van der Waals surface area contributed by atoms with Crippen LogP contribution in [-0.4, -0.2) is 16.0 Å². The van der Waals surface area contributed by atoms with Crippen molar-refractivity contribution in [3.8, 4) is 0 Å². The van der Waals surface area contributed by atoms with Crippen molar-refractivity contribution in [1.82, 2.24) is 9.97 Å². The van der Waals surface area contributed by atoms with Gasteiger partial charge in [0.1, 0.15) is 5.82 Å². The first kappa shape index (κ1) is 18.9. The maximum Gasteiger partial charge on any atom is 0.134 e. The predicted molar refractivity (Wildman–Crippen MR) is 118 cm³/mol. The largest absolute Gasteiger partial charge is 0.367 e. The Labute approximate surface area is 168 Å². The van der Waals surface area contributed by atoms with E-state index in [-0.39, 0.29) is 0 Å². The average Bonchev–Trinajstić information content (AvgIpc) is 2.74. The van der Waals surface area contributed by atoms with Crippen LogP contribution in [0.1, 0.15) is 50.7 Å². The second kappa shape index (κ2) is 8.72. The molecule has 0 spiro atoms. The highest BCUT2D eigenvalue weighted by Crippen LogP contribution is 2.33. The van der Waals surface area contributed by atoms with Crippen LogP contribution in [0, 0.1) is 11.8 Å². The monoisotopic (exact) mass is 373 g/mol. The Balaban J connectivity index is 1.49. The first-order chi connectivity index (χ1) is 13.7. The van der Waals surface area contributed by atoms with Gasteiger partial charge in [-0.25, -0.2) is 4.98 Å². The zero-order valence-corrected chi connectivity index (χ0v) is 17.1. The lowest BCUT2D eigenvalue weighted by atomic mass is 9.79. The van der Waals surface area contributed by atoms with Crippen LogP contribution in [0.2, 0.25) is 0 Å². The van der Waals surface area contributed by atoms with E-state index in [9.17, 15) is 0 Å². The van der Waals surface area contributed by atoms with E-state index in [0.717, 1.165) is 30.5 Å². The van der Waals surface area contributed by atoms with E-state index in [1.165, 1.54) is 47.6 Å². The van der Waals surface area contributed by atoms with Gasteiger partial charge in [0, 0.05) is 30.0 Å². The molecule has 0 atom stereocenters. The molecule has 0 radical (unpaired) electrons. The number of benzene rings is 1. The lowest BCUT2D eigenvalue weighted by Gasteiger charge is -2.31. The Morgan fingerprint density at radius 1 is 0.929 bits per heavy atom. The molecule has 0 bridgehead atoms. The van der Waals surface area contributed by atoms with Gasteiger partial charge in [-0.15, -0.1) is 0 Å². The summed E-state index contributed by atoms with van der Waals surface area (Å²) in [5.41, 5.74) is 2.59. The first-order valence-corrected chi connectivity index (χ1v) is 10.7. The smallest absolute Gasteiger partial charge is 0.134 e. The highest BCUT2D eigenvalue weighted by Gasteiger charge is 2.23. The van der Waals surface area contributed by atoms with E-state index in [4.69, 9.17) is 4.98 Å². The summed E-state index contributed by atoms with van der Waals surface area (Å²) in [7, 11) is 0. The molecule has 1 fully saturated rings. The molecular formula is C25H31N3. The maximum atomic E-state index is 4.84. The maximum absolute atomic E-state index is 4.84. The molecule has 0 amide bonds. The SMILES string of the molecule is CC(C)C1CCC(Nc2ncc(CCc3cccnc3)c3ccccc23)CC1. The number of aromatic nitrogens is 2. The summed E-state index contributed by atoms with van der Waals surface area (Å²) < 4.78 is 0. The molecule has 1 N–H and O–H groups in total. The quantitative estimate of drug-likeness (QED) is 0.572. The van der Waals surface area contributed by atoms with E-state index < -0.39 is 0 Å². The standard InChI is InChI=1S/C25H31N3/c1-18(2)20-11-13-22(14-12-20)28-25-24-8-4-3-7-23(24)21(17-27-25)10-9-19-6-5-15-26-16-19/h3-8,15-18,20,22H,9-14H2,1-2H3,(H,27,28). The van der Waals surface area contributed by atoms with Gasteiger partial charge in [0.15, 0.2) is 0 Å². The minimum atomic E-state index is 0.548. The fourth-order valence-electron chi connectivity index (χ4n) is 4.51. The van der Waals surface area contributed by atoms with Crippen LogP contribution in [0.3, 0.4) is 0 Å². The fourth-order valence-corrected chi connectivity index (χ4v) is 4.51. The second-order valence-corrected chi connectivity index (χ2v) is 8.54. The van der Waals surface area contributed by atoms with Gasteiger partial charge < -0.3 is 5.32 Å². The molecule has 28 heavy (non-hydrogen) atoms. The van der Waals surface area contributed by atoms with E-state index in [0.29, 0.717) is 6.04 Å². The van der Waals surface area contributed by atoms with Crippen molar-refractivity contribution in [3.63, 3.8) is 0 Å². The van der Waals surface area contributed by atoms with Gasteiger partial charge in [-0.2, -0.15) is 0 Å². The van der Waals surface area contributed by atoms with Gasteiger partial charge in [0.25, 0.3) is 0 Å². The van der Waals surface area contributed by atoms with Crippen LogP contribution >= 0.6 is 0 Å². The van der Waals surface area contributed by atoms with Crippen LogP contribution < -0.4 is 5.32 Å². The van der Waals surface area contributed by atoms with E-state index in [1.54, 1.807) is 0 Å². The number of hydrogen-bond donors (Lipinski definition) is 1. The summed E-state index contributed by atoms with van der Waals surface area (Å²) >= 11 is 0. The zero-order valence-electron chi connectivity index (χ0n) is 17.1. The van der Waals surface area contributed by atoms with Crippen molar-refractivity contribution in [3.05, 3.63) is 66.1 Å². The summed E-state index contributed by atoms with van der Waals surface area (Å²) in [5.74, 6) is 2.74. The number of pyridine rings is 2. The lowest BCUT2D eigenvalue weighted by molar-refractivity contribution is 0.267. The topological polar surface area (TPSA) is 37.8 Å². The molecule has 3 nitrogen and oxygen atoms in total. The molecule has 1 aromatic carbocycles. The number of anilines is 1. The van der Waals surface area contributed by atoms with E-state index in [1.807, 2.05) is 18.5 Å². The van der Waals surface area contributed by atoms with Crippen molar-refractivity contribution < 1.29 is 0 Å². The molecule has 146 valence electrons. The number of nitrogens with zero attached hydrogens (tertiary/aromatic N) is 2. The molecule has 3 aromatic rings. The number of nitrogens with one attached hydrogen (secondary N) is 1. The van der Waals surface area contributed by atoms with Crippen molar-refractivity contribution >= 4 is 16.6 Å². The Morgan fingerprint density at radius 3 is 2.43 bits per heavy atom. The molecule has 2 heterocycles. The third-order valence-corrected chi connectivity index (χ3v) is 6.34. The van der Waals surface area contributed by atoms with Crippen LogP contribution in [0.5, 0.6) is 0 Å². The zero-order chi connectivity index (χ0) is 19.3. The molecule has 1 saturated carbocycles. The van der Waals surface area contributed by atoms with Crippen LogP contribution in [0.25, 0.3) is 10.8 Å². The summed E-state index contributed by atoms with van der Waals surface area (Å²) in [6.07, 6.45) is 13.0. The third kappa shape index (κ3) is 4.35.